The summed E-state index contributed by atoms with van der Waals surface area (Å²) in [5.41, 5.74) is 0. The molecule has 0 aromatic heterocycles. The van der Waals surface area contributed by atoms with Crippen LogP contribution in [0.15, 0.2) is 0 Å². The van der Waals surface area contributed by atoms with Gasteiger partial charge in [-0.2, -0.15) is 0 Å². The normalized spacial score (nSPS) is 21.4. The van der Waals surface area contributed by atoms with Gasteiger partial charge in [-0.05, 0) is 25.2 Å². The molecule has 84 valence electrons. The van der Waals surface area contributed by atoms with Gasteiger partial charge in [0.1, 0.15) is 0 Å². The number of aliphatic hydroxyl groups excluding tert-OH is 1. The van der Waals surface area contributed by atoms with Crippen molar-refractivity contribution in [3.8, 4) is 0 Å². The molecule has 1 fully saturated rings. The van der Waals surface area contributed by atoms with Crippen molar-refractivity contribution in [3.05, 3.63) is 0 Å². The van der Waals surface area contributed by atoms with Crippen LogP contribution in [-0.4, -0.2) is 37.0 Å². The van der Waals surface area contributed by atoms with Gasteiger partial charge in [0.15, 0.2) is 0 Å². The summed E-state index contributed by atoms with van der Waals surface area (Å²) in [5, 5.41) is 12.7. The summed E-state index contributed by atoms with van der Waals surface area (Å²) in [6.45, 7) is 6.34. The number of ether oxygens (including phenoxy) is 1. The molecule has 1 saturated heterocycles. The van der Waals surface area contributed by atoms with Gasteiger partial charge >= 0.3 is 0 Å². The van der Waals surface area contributed by atoms with E-state index in [0.717, 1.165) is 32.5 Å². The van der Waals surface area contributed by atoms with Crippen molar-refractivity contribution in [1.29, 1.82) is 0 Å². The zero-order chi connectivity index (χ0) is 10.4. The van der Waals surface area contributed by atoms with Crippen LogP contribution in [0.25, 0.3) is 0 Å². The van der Waals surface area contributed by atoms with E-state index in [4.69, 9.17) is 4.74 Å². The molecule has 14 heavy (non-hydrogen) atoms. The lowest BCUT2D eigenvalue weighted by atomic mass is 10.0. The third-order valence-electron chi connectivity index (χ3n) is 2.67. The summed E-state index contributed by atoms with van der Waals surface area (Å²) < 4.78 is 5.29. The van der Waals surface area contributed by atoms with Crippen LogP contribution in [0.1, 0.15) is 33.1 Å². The Kier molecular flexibility index (Phi) is 5.45. The smallest absolute Gasteiger partial charge is 0.0584 e. The molecular weight excluding hydrogens is 178 g/mol. The molecule has 1 aliphatic rings. The van der Waals surface area contributed by atoms with Crippen LogP contribution < -0.4 is 5.32 Å². The van der Waals surface area contributed by atoms with Crippen molar-refractivity contribution in [3.63, 3.8) is 0 Å². The maximum absolute atomic E-state index is 9.21. The first kappa shape index (κ1) is 12.0. The van der Waals surface area contributed by atoms with E-state index in [1.54, 1.807) is 0 Å². The van der Waals surface area contributed by atoms with Gasteiger partial charge in [0.2, 0.25) is 0 Å². The lowest BCUT2D eigenvalue weighted by molar-refractivity contribution is 0.0701. The summed E-state index contributed by atoms with van der Waals surface area (Å²) in [6, 6.07) is 0.803. The van der Waals surface area contributed by atoms with Crippen LogP contribution in [0, 0.1) is 5.92 Å². The molecule has 0 aromatic carbocycles. The first-order chi connectivity index (χ1) is 6.72. The average Bonchev–Trinajstić information content (AvgIpc) is 2.17. The Hall–Kier alpha value is -0.120. The predicted molar refractivity (Wildman–Crippen MR) is 57.3 cm³/mol. The van der Waals surface area contributed by atoms with Crippen LogP contribution in [0.4, 0.5) is 0 Å². The van der Waals surface area contributed by atoms with Gasteiger partial charge in [0.05, 0.1) is 6.61 Å². The van der Waals surface area contributed by atoms with E-state index in [1.807, 2.05) is 0 Å². The summed E-state index contributed by atoms with van der Waals surface area (Å²) in [5.74, 6) is 0.638. The number of nitrogens with one attached hydrogen (secondary N) is 1. The highest BCUT2D eigenvalue weighted by Crippen LogP contribution is 2.10. The van der Waals surface area contributed by atoms with Gasteiger partial charge in [0.25, 0.3) is 0 Å². The summed E-state index contributed by atoms with van der Waals surface area (Å²) in [6.07, 6.45) is 3.21. The molecule has 1 heterocycles. The molecule has 0 radical (unpaired) electrons. The highest BCUT2D eigenvalue weighted by Gasteiger charge is 2.18. The maximum atomic E-state index is 9.21. The van der Waals surface area contributed by atoms with Crippen molar-refractivity contribution >= 4 is 0 Å². The summed E-state index contributed by atoms with van der Waals surface area (Å²) >= 11 is 0. The molecule has 3 nitrogen and oxygen atoms in total. The summed E-state index contributed by atoms with van der Waals surface area (Å²) in [4.78, 5) is 0. The highest BCUT2D eigenvalue weighted by atomic mass is 16.5. The topological polar surface area (TPSA) is 41.5 Å². The van der Waals surface area contributed by atoms with E-state index in [0.29, 0.717) is 12.0 Å². The molecule has 2 N–H and O–H groups in total. The molecule has 0 saturated carbocycles. The number of rotatable bonds is 5. The van der Waals surface area contributed by atoms with Gasteiger partial charge < -0.3 is 15.2 Å². The van der Waals surface area contributed by atoms with Crippen LogP contribution in [0.3, 0.4) is 0 Å². The Morgan fingerprint density at radius 3 is 2.50 bits per heavy atom. The van der Waals surface area contributed by atoms with E-state index in [9.17, 15) is 5.11 Å². The average molecular weight is 201 g/mol. The Morgan fingerprint density at radius 1 is 1.36 bits per heavy atom. The molecule has 0 amide bonds. The molecule has 1 atom stereocenters. The van der Waals surface area contributed by atoms with Crippen LogP contribution in [0.5, 0.6) is 0 Å². The second kappa shape index (κ2) is 6.38. The molecular formula is C11H23NO2. The summed E-state index contributed by atoms with van der Waals surface area (Å²) in [7, 11) is 0. The Balaban J connectivity index is 2.23. The van der Waals surface area contributed by atoms with Gasteiger partial charge in [-0.1, -0.05) is 13.8 Å². The molecule has 0 bridgehead atoms. The quantitative estimate of drug-likeness (QED) is 0.701. The molecule has 0 aromatic rings. The third kappa shape index (κ3) is 4.40. The number of hydrogen-bond acceptors (Lipinski definition) is 3. The maximum Gasteiger partial charge on any atom is 0.0584 e. The fourth-order valence-electron chi connectivity index (χ4n) is 1.96. The highest BCUT2D eigenvalue weighted by molar-refractivity contribution is 4.76. The van der Waals surface area contributed by atoms with E-state index >= 15 is 0 Å². The van der Waals surface area contributed by atoms with Gasteiger partial charge in [-0.25, -0.2) is 0 Å². The minimum Gasteiger partial charge on any atom is -0.395 e. The molecule has 1 aliphatic heterocycles. The van der Waals surface area contributed by atoms with Crippen molar-refractivity contribution in [1.82, 2.24) is 5.32 Å². The molecule has 3 heteroatoms. The van der Waals surface area contributed by atoms with Crippen LogP contribution in [0.2, 0.25) is 0 Å². The SMILES string of the molecule is CC(C)C[C@H](CO)NC1CCOCC1. The lowest BCUT2D eigenvalue weighted by Gasteiger charge is -2.28. The van der Waals surface area contributed by atoms with E-state index < -0.39 is 0 Å². The molecule has 0 spiro atoms. The zero-order valence-electron chi connectivity index (χ0n) is 9.33. The minimum absolute atomic E-state index is 0.246. The predicted octanol–water partition coefficient (Wildman–Crippen LogP) is 1.16. The van der Waals surface area contributed by atoms with Crippen LogP contribution in [-0.2, 0) is 4.74 Å². The Labute approximate surface area is 86.8 Å². The Morgan fingerprint density at radius 2 is 2.00 bits per heavy atom. The largest absolute Gasteiger partial charge is 0.395 e. The fourth-order valence-corrected chi connectivity index (χ4v) is 1.96. The fraction of sp³-hybridized carbons (Fsp3) is 1.00. The monoisotopic (exact) mass is 201 g/mol. The third-order valence-corrected chi connectivity index (χ3v) is 2.67. The molecule has 0 aliphatic carbocycles. The van der Waals surface area contributed by atoms with E-state index in [1.165, 1.54) is 0 Å². The van der Waals surface area contributed by atoms with Crippen molar-refractivity contribution in [2.24, 2.45) is 5.92 Å². The second-order valence-corrected chi connectivity index (χ2v) is 4.56. The first-order valence-electron chi connectivity index (χ1n) is 5.67. The zero-order valence-corrected chi connectivity index (χ0v) is 9.33. The second-order valence-electron chi connectivity index (χ2n) is 4.56. The lowest BCUT2D eigenvalue weighted by Crippen LogP contribution is -2.44. The van der Waals surface area contributed by atoms with Gasteiger partial charge in [0, 0.05) is 25.3 Å². The van der Waals surface area contributed by atoms with Crippen molar-refractivity contribution in [2.75, 3.05) is 19.8 Å². The minimum atomic E-state index is 0.246. The molecule has 1 rings (SSSR count). The number of aliphatic hydroxyl groups is 1. The Bertz CT molecular complexity index is 144. The van der Waals surface area contributed by atoms with Crippen molar-refractivity contribution < 1.29 is 9.84 Å². The number of hydrogen-bond donors (Lipinski definition) is 2. The van der Waals surface area contributed by atoms with E-state index in [-0.39, 0.29) is 12.6 Å². The van der Waals surface area contributed by atoms with Gasteiger partial charge in [-0.15, -0.1) is 0 Å². The van der Waals surface area contributed by atoms with Crippen LogP contribution >= 0.6 is 0 Å². The van der Waals surface area contributed by atoms with Gasteiger partial charge in [-0.3, -0.25) is 0 Å². The standard InChI is InChI=1S/C11H23NO2/c1-9(2)7-11(8-13)12-10-3-5-14-6-4-10/h9-13H,3-8H2,1-2H3/t11-/m1/s1. The molecule has 0 unspecified atom stereocenters. The first-order valence-corrected chi connectivity index (χ1v) is 5.67. The van der Waals surface area contributed by atoms with E-state index in [2.05, 4.69) is 19.2 Å². The van der Waals surface area contributed by atoms with Crippen molar-refractivity contribution in [2.45, 2.75) is 45.2 Å².